The average molecular weight is 295 g/mol. The lowest BCUT2D eigenvalue weighted by Gasteiger charge is -2.27. The van der Waals surface area contributed by atoms with Gasteiger partial charge in [0.15, 0.2) is 0 Å². The normalized spacial score (nSPS) is 36.4. The summed E-state index contributed by atoms with van der Waals surface area (Å²) < 4.78 is 0. The second kappa shape index (κ2) is 7.28. The summed E-state index contributed by atoms with van der Waals surface area (Å²) in [5.74, 6) is 0.188. The highest BCUT2D eigenvalue weighted by Crippen LogP contribution is 2.36. The van der Waals surface area contributed by atoms with Crippen LogP contribution in [-0.4, -0.2) is 23.5 Å². The van der Waals surface area contributed by atoms with Crippen LogP contribution in [0, 0.1) is 29.6 Å². The van der Waals surface area contributed by atoms with E-state index in [4.69, 9.17) is 0 Å². The highest BCUT2D eigenvalue weighted by Gasteiger charge is 2.41. The molecule has 2 N–H and O–H groups in total. The minimum absolute atomic E-state index is 0.0457. The van der Waals surface area contributed by atoms with Crippen molar-refractivity contribution in [2.45, 2.75) is 58.8 Å². The van der Waals surface area contributed by atoms with Gasteiger partial charge in [0, 0.05) is 6.54 Å². The Morgan fingerprint density at radius 1 is 1.05 bits per heavy atom. The van der Waals surface area contributed by atoms with Gasteiger partial charge in [-0.1, -0.05) is 33.1 Å². The molecule has 0 aromatic carbocycles. The van der Waals surface area contributed by atoms with Gasteiger partial charge >= 0.3 is 5.97 Å². The minimum Gasteiger partial charge on any atom is -0.481 e. The molecule has 2 aliphatic rings. The zero-order valence-corrected chi connectivity index (χ0v) is 13.3. The van der Waals surface area contributed by atoms with E-state index in [0.29, 0.717) is 25.3 Å². The van der Waals surface area contributed by atoms with Gasteiger partial charge in [0.05, 0.1) is 11.8 Å². The summed E-state index contributed by atoms with van der Waals surface area (Å²) in [4.78, 5) is 23.5. The fourth-order valence-electron chi connectivity index (χ4n) is 4.21. The Balaban J connectivity index is 1.75. The molecule has 120 valence electrons. The molecule has 2 saturated carbocycles. The summed E-state index contributed by atoms with van der Waals surface area (Å²) >= 11 is 0. The maximum Gasteiger partial charge on any atom is 0.307 e. The van der Waals surface area contributed by atoms with Gasteiger partial charge in [0.2, 0.25) is 5.91 Å². The molecule has 0 radical (unpaired) electrons. The molecule has 0 saturated heterocycles. The predicted molar refractivity (Wildman–Crippen MR) is 81.8 cm³/mol. The zero-order valence-electron chi connectivity index (χ0n) is 13.3. The van der Waals surface area contributed by atoms with Crippen molar-refractivity contribution in [2.24, 2.45) is 29.6 Å². The smallest absolute Gasteiger partial charge is 0.307 e. The van der Waals surface area contributed by atoms with Crippen molar-refractivity contribution in [1.82, 2.24) is 5.32 Å². The first-order valence-electron chi connectivity index (χ1n) is 8.48. The number of carbonyl (C=O) groups excluding carboxylic acids is 1. The highest BCUT2D eigenvalue weighted by molar-refractivity contribution is 5.85. The molecule has 4 heteroatoms. The van der Waals surface area contributed by atoms with Crippen molar-refractivity contribution in [3.05, 3.63) is 0 Å². The lowest BCUT2D eigenvalue weighted by atomic mass is 9.81. The summed E-state index contributed by atoms with van der Waals surface area (Å²) in [6, 6.07) is 0. The standard InChI is InChI=1S/C17H29NO3/c1-11-4-3-5-13(8-11)6-7-18-16(19)14-9-12(2)10-15(14)17(20)21/h11-15H,3-10H2,1-2H3,(H,18,19)(H,20,21)/t11?,12?,13?,14-,15+/m0/s1. The van der Waals surface area contributed by atoms with Crippen molar-refractivity contribution in [3.8, 4) is 0 Å². The molecule has 0 spiro atoms. The molecule has 0 heterocycles. The van der Waals surface area contributed by atoms with Crippen LogP contribution in [0.3, 0.4) is 0 Å². The van der Waals surface area contributed by atoms with Gasteiger partial charge < -0.3 is 10.4 Å². The second-order valence-electron chi connectivity index (χ2n) is 7.35. The zero-order chi connectivity index (χ0) is 15.4. The molecule has 3 unspecified atom stereocenters. The largest absolute Gasteiger partial charge is 0.481 e. The first-order chi connectivity index (χ1) is 9.97. The first kappa shape index (κ1) is 16.3. The summed E-state index contributed by atoms with van der Waals surface area (Å²) in [6.45, 7) is 5.04. The van der Waals surface area contributed by atoms with E-state index in [0.717, 1.165) is 18.3 Å². The quantitative estimate of drug-likeness (QED) is 0.819. The Labute approximate surface area is 127 Å². The van der Waals surface area contributed by atoms with E-state index in [9.17, 15) is 14.7 Å². The fraction of sp³-hybridized carbons (Fsp3) is 0.882. The van der Waals surface area contributed by atoms with Crippen LogP contribution in [0.25, 0.3) is 0 Å². The van der Waals surface area contributed by atoms with Gasteiger partial charge in [0.1, 0.15) is 0 Å². The number of hydrogen-bond donors (Lipinski definition) is 2. The topological polar surface area (TPSA) is 66.4 Å². The number of carboxylic acids is 1. The Morgan fingerprint density at radius 3 is 2.43 bits per heavy atom. The maximum absolute atomic E-state index is 12.2. The van der Waals surface area contributed by atoms with Crippen LogP contribution in [0.4, 0.5) is 0 Å². The van der Waals surface area contributed by atoms with Gasteiger partial charge in [-0.2, -0.15) is 0 Å². The number of carboxylic acid groups (broad SMARTS) is 1. The van der Waals surface area contributed by atoms with Crippen LogP contribution in [0.5, 0.6) is 0 Å². The molecule has 21 heavy (non-hydrogen) atoms. The van der Waals surface area contributed by atoms with E-state index >= 15 is 0 Å². The van der Waals surface area contributed by atoms with Crippen LogP contribution in [0.15, 0.2) is 0 Å². The van der Waals surface area contributed by atoms with Crippen LogP contribution in [0.1, 0.15) is 58.8 Å². The molecule has 0 aliphatic heterocycles. The molecule has 1 amide bonds. The predicted octanol–water partition coefficient (Wildman–Crippen LogP) is 3.07. The molecule has 4 nitrogen and oxygen atoms in total. The van der Waals surface area contributed by atoms with E-state index in [1.54, 1.807) is 0 Å². The summed E-state index contributed by atoms with van der Waals surface area (Å²) in [5, 5.41) is 12.2. The molecular formula is C17H29NO3. The number of hydrogen-bond acceptors (Lipinski definition) is 2. The van der Waals surface area contributed by atoms with E-state index in [-0.39, 0.29) is 11.8 Å². The van der Waals surface area contributed by atoms with Crippen LogP contribution < -0.4 is 5.32 Å². The van der Waals surface area contributed by atoms with E-state index < -0.39 is 11.9 Å². The summed E-state index contributed by atoms with van der Waals surface area (Å²) in [7, 11) is 0. The molecule has 0 aromatic rings. The first-order valence-corrected chi connectivity index (χ1v) is 8.48. The summed E-state index contributed by atoms with van der Waals surface area (Å²) in [5.41, 5.74) is 0. The Bertz CT molecular complexity index is 382. The number of rotatable bonds is 5. The molecule has 0 bridgehead atoms. The van der Waals surface area contributed by atoms with Crippen molar-refractivity contribution in [3.63, 3.8) is 0 Å². The molecular weight excluding hydrogens is 266 g/mol. The number of nitrogens with one attached hydrogen (secondary N) is 1. The van der Waals surface area contributed by atoms with Crippen LogP contribution in [0.2, 0.25) is 0 Å². The number of amides is 1. The lowest BCUT2D eigenvalue weighted by molar-refractivity contribution is -0.146. The maximum atomic E-state index is 12.2. The number of aliphatic carboxylic acids is 1. The minimum atomic E-state index is -0.819. The van der Waals surface area contributed by atoms with Crippen molar-refractivity contribution < 1.29 is 14.7 Å². The fourth-order valence-corrected chi connectivity index (χ4v) is 4.21. The number of carbonyl (C=O) groups is 2. The van der Waals surface area contributed by atoms with Gasteiger partial charge in [-0.15, -0.1) is 0 Å². The van der Waals surface area contributed by atoms with E-state index in [1.165, 1.54) is 25.7 Å². The third-order valence-electron chi connectivity index (χ3n) is 5.35. The van der Waals surface area contributed by atoms with Gasteiger partial charge in [-0.3, -0.25) is 9.59 Å². The third-order valence-corrected chi connectivity index (χ3v) is 5.35. The molecule has 2 aliphatic carbocycles. The third kappa shape index (κ3) is 4.45. The Morgan fingerprint density at radius 2 is 1.76 bits per heavy atom. The van der Waals surface area contributed by atoms with Crippen molar-refractivity contribution >= 4 is 11.9 Å². The summed E-state index contributed by atoms with van der Waals surface area (Å²) in [6.07, 6.45) is 7.57. The van der Waals surface area contributed by atoms with Gasteiger partial charge in [-0.25, -0.2) is 0 Å². The van der Waals surface area contributed by atoms with Gasteiger partial charge in [-0.05, 0) is 43.4 Å². The second-order valence-corrected chi connectivity index (χ2v) is 7.35. The highest BCUT2D eigenvalue weighted by atomic mass is 16.4. The Hall–Kier alpha value is -1.06. The van der Waals surface area contributed by atoms with E-state index in [2.05, 4.69) is 12.2 Å². The SMILES string of the molecule is CC1CCCC(CCNC(=O)[C@H]2CC(C)C[C@H]2C(=O)O)C1. The van der Waals surface area contributed by atoms with Gasteiger partial charge in [0.25, 0.3) is 0 Å². The Kier molecular flexibility index (Phi) is 5.65. The van der Waals surface area contributed by atoms with E-state index in [1.807, 2.05) is 6.92 Å². The lowest BCUT2D eigenvalue weighted by Crippen LogP contribution is -2.36. The molecule has 5 atom stereocenters. The van der Waals surface area contributed by atoms with Crippen molar-refractivity contribution in [1.29, 1.82) is 0 Å². The van der Waals surface area contributed by atoms with Crippen molar-refractivity contribution in [2.75, 3.05) is 6.54 Å². The molecule has 2 rings (SSSR count). The monoisotopic (exact) mass is 295 g/mol. The average Bonchev–Trinajstić information content (AvgIpc) is 2.81. The molecule has 2 fully saturated rings. The molecule has 0 aromatic heterocycles. The van der Waals surface area contributed by atoms with Crippen LogP contribution in [-0.2, 0) is 9.59 Å². The van der Waals surface area contributed by atoms with Crippen LogP contribution >= 0.6 is 0 Å².